The Kier molecular flexibility index (Phi) is 6.77. The summed E-state index contributed by atoms with van der Waals surface area (Å²) in [5, 5.41) is 9.34. The van der Waals surface area contributed by atoms with Gasteiger partial charge < -0.3 is 26.3 Å². The van der Waals surface area contributed by atoms with Crippen LogP contribution in [0.15, 0.2) is 79.3 Å². The number of nitrogens with zero attached hydrogens (tertiary/aromatic N) is 3. The molecular formula is C28H29N7O. The number of hydrogen-bond donors (Lipinski definition) is 4. The van der Waals surface area contributed by atoms with Gasteiger partial charge in [-0.05, 0) is 65.6 Å². The molecule has 182 valence electrons. The van der Waals surface area contributed by atoms with E-state index in [9.17, 15) is 4.79 Å². The molecule has 1 aliphatic carbocycles. The fourth-order valence-electron chi connectivity index (χ4n) is 4.47. The van der Waals surface area contributed by atoms with Crippen LogP contribution in [0.5, 0.6) is 0 Å². The number of fused-ring (bicyclic) bond motifs is 2. The highest BCUT2D eigenvalue weighted by atomic mass is 16.2. The molecule has 4 aromatic rings. The molecule has 2 heterocycles. The van der Waals surface area contributed by atoms with Crippen LogP contribution < -0.4 is 21.7 Å². The molecule has 0 radical (unpaired) electrons. The maximum absolute atomic E-state index is 12.3. The predicted octanol–water partition coefficient (Wildman–Crippen LogP) is 4.22. The number of carbonyl (C=O) groups is 1. The van der Waals surface area contributed by atoms with Gasteiger partial charge in [-0.2, -0.15) is 0 Å². The highest BCUT2D eigenvalue weighted by Gasteiger charge is 2.25. The molecule has 2 aromatic carbocycles. The number of amides is 2. The maximum atomic E-state index is 12.3. The van der Waals surface area contributed by atoms with E-state index in [-0.39, 0.29) is 12.1 Å². The van der Waals surface area contributed by atoms with Gasteiger partial charge in [0.2, 0.25) is 0 Å². The molecule has 0 spiro atoms. The minimum absolute atomic E-state index is 0.114. The summed E-state index contributed by atoms with van der Waals surface area (Å²) in [6, 6.07) is 19.2. The molecule has 0 saturated carbocycles. The van der Waals surface area contributed by atoms with Gasteiger partial charge in [0.1, 0.15) is 5.82 Å². The predicted molar refractivity (Wildman–Crippen MR) is 143 cm³/mol. The van der Waals surface area contributed by atoms with Gasteiger partial charge in [0, 0.05) is 49.6 Å². The van der Waals surface area contributed by atoms with Crippen molar-refractivity contribution in [2.45, 2.75) is 19.5 Å². The number of allylic oxidation sites excluding steroid dienone is 1. The molecule has 36 heavy (non-hydrogen) atoms. The molecule has 5 N–H and O–H groups in total. The van der Waals surface area contributed by atoms with Crippen molar-refractivity contribution >= 4 is 29.1 Å². The van der Waals surface area contributed by atoms with E-state index in [2.05, 4.69) is 61.9 Å². The van der Waals surface area contributed by atoms with E-state index in [1.165, 1.54) is 11.1 Å². The summed E-state index contributed by atoms with van der Waals surface area (Å²) >= 11 is 0. The molecule has 1 unspecified atom stereocenters. The number of benzene rings is 2. The summed E-state index contributed by atoms with van der Waals surface area (Å²) in [5.41, 5.74) is 12.6. The Morgan fingerprint density at radius 3 is 2.64 bits per heavy atom. The van der Waals surface area contributed by atoms with Crippen molar-refractivity contribution in [3.63, 3.8) is 0 Å². The Hall–Kier alpha value is -4.43. The van der Waals surface area contributed by atoms with Crippen molar-refractivity contribution in [2.24, 2.45) is 0 Å². The van der Waals surface area contributed by atoms with E-state index in [1.54, 1.807) is 24.3 Å². The van der Waals surface area contributed by atoms with Gasteiger partial charge in [-0.3, -0.25) is 4.98 Å². The largest absolute Gasteiger partial charge is 0.399 e. The Morgan fingerprint density at radius 1 is 1.00 bits per heavy atom. The van der Waals surface area contributed by atoms with Crippen LogP contribution in [-0.2, 0) is 6.54 Å². The van der Waals surface area contributed by atoms with Crippen molar-refractivity contribution in [3.8, 4) is 0 Å². The zero-order valence-corrected chi connectivity index (χ0v) is 20.1. The number of pyridine rings is 1. The molecular weight excluding hydrogens is 450 g/mol. The third kappa shape index (κ3) is 5.13. The fraction of sp³-hybridized carbons (Fsp3) is 0.179. The lowest BCUT2D eigenvalue weighted by Gasteiger charge is -2.22. The van der Waals surface area contributed by atoms with E-state index in [4.69, 9.17) is 10.7 Å². The molecule has 2 amide bonds. The highest BCUT2D eigenvalue weighted by Crippen LogP contribution is 2.36. The van der Waals surface area contributed by atoms with Crippen LogP contribution in [0.2, 0.25) is 0 Å². The van der Waals surface area contributed by atoms with Crippen molar-refractivity contribution in [2.75, 3.05) is 24.1 Å². The SMILES string of the molecule is Cc1nccn1CC1=Cc2cccnc2C(NCCNC(=O)Nc2ccc(N)cc2)c2ccccc21. The number of hydrogen-bond acceptors (Lipinski definition) is 5. The number of urea groups is 1. The van der Waals surface area contributed by atoms with Crippen LogP contribution >= 0.6 is 0 Å². The number of imidazole rings is 1. The van der Waals surface area contributed by atoms with Crippen LogP contribution in [0.1, 0.15) is 34.3 Å². The van der Waals surface area contributed by atoms with Gasteiger partial charge in [-0.1, -0.05) is 30.3 Å². The topological polar surface area (TPSA) is 110 Å². The third-order valence-corrected chi connectivity index (χ3v) is 6.28. The number of nitrogens with one attached hydrogen (secondary N) is 3. The summed E-state index contributed by atoms with van der Waals surface area (Å²) < 4.78 is 2.15. The van der Waals surface area contributed by atoms with Crippen LogP contribution in [0.3, 0.4) is 0 Å². The molecule has 8 nitrogen and oxygen atoms in total. The monoisotopic (exact) mass is 479 g/mol. The third-order valence-electron chi connectivity index (χ3n) is 6.28. The second-order valence-corrected chi connectivity index (χ2v) is 8.73. The van der Waals surface area contributed by atoms with E-state index in [0.717, 1.165) is 29.2 Å². The Morgan fingerprint density at radius 2 is 1.83 bits per heavy atom. The number of nitrogens with two attached hydrogens (primary N) is 1. The van der Waals surface area contributed by atoms with E-state index < -0.39 is 0 Å². The van der Waals surface area contributed by atoms with E-state index >= 15 is 0 Å². The number of rotatable bonds is 7. The minimum Gasteiger partial charge on any atom is -0.399 e. The second-order valence-electron chi connectivity index (χ2n) is 8.73. The average molecular weight is 480 g/mol. The molecule has 1 aliphatic rings. The number of nitrogen functional groups attached to an aromatic ring is 1. The zero-order valence-electron chi connectivity index (χ0n) is 20.1. The van der Waals surface area contributed by atoms with E-state index in [0.29, 0.717) is 24.5 Å². The average Bonchev–Trinajstić information content (AvgIpc) is 3.24. The van der Waals surface area contributed by atoms with Gasteiger partial charge in [0.25, 0.3) is 0 Å². The first kappa shape index (κ1) is 23.3. The molecule has 0 saturated heterocycles. The summed E-state index contributed by atoms with van der Waals surface area (Å²) in [7, 11) is 0. The lowest BCUT2D eigenvalue weighted by molar-refractivity contribution is 0.252. The minimum atomic E-state index is -0.263. The molecule has 0 bridgehead atoms. The van der Waals surface area contributed by atoms with Crippen LogP contribution in [0.4, 0.5) is 16.2 Å². The standard InChI is InChI=1S/C28H29N7O/c1-19-30-15-16-35(19)18-21-17-20-5-4-12-31-26(20)27(25-7-3-2-6-24(21)25)32-13-14-33-28(36)34-23-10-8-22(29)9-11-23/h2-12,15-17,27,32H,13-14,18,29H2,1H3,(H2,33,34,36). The van der Waals surface area contributed by atoms with Crippen molar-refractivity contribution in [1.82, 2.24) is 25.2 Å². The quantitative estimate of drug-likeness (QED) is 0.234. The normalized spacial score (nSPS) is 14.2. The summed E-state index contributed by atoms with van der Waals surface area (Å²) in [6.07, 6.45) is 7.88. The lowest BCUT2D eigenvalue weighted by Crippen LogP contribution is -2.36. The first-order valence-corrected chi connectivity index (χ1v) is 11.9. The number of anilines is 2. The summed E-state index contributed by atoms with van der Waals surface area (Å²) in [6.45, 7) is 3.76. The lowest BCUT2D eigenvalue weighted by atomic mass is 9.95. The molecule has 0 aliphatic heterocycles. The van der Waals surface area contributed by atoms with Gasteiger partial charge in [-0.15, -0.1) is 0 Å². The van der Waals surface area contributed by atoms with Crippen molar-refractivity contribution < 1.29 is 4.79 Å². The number of aryl methyl sites for hydroxylation is 1. The smallest absolute Gasteiger partial charge is 0.319 e. The van der Waals surface area contributed by atoms with E-state index in [1.807, 2.05) is 31.6 Å². The van der Waals surface area contributed by atoms with Gasteiger partial charge in [-0.25, -0.2) is 9.78 Å². The molecule has 5 rings (SSSR count). The molecule has 1 atom stereocenters. The van der Waals surface area contributed by atoms with Crippen LogP contribution in [0, 0.1) is 6.92 Å². The Bertz CT molecular complexity index is 1390. The van der Waals surface area contributed by atoms with Gasteiger partial charge in [0.05, 0.1) is 11.7 Å². The summed E-state index contributed by atoms with van der Waals surface area (Å²) in [5.74, 6) is 0.974. The van der Waals surface area contributed by atoms with Crippen LogP contribution in [-0.4, -0.2) is 33.7 Å². The van der Waals surface area contributed by atoms with Gasteiger partial charge >= 0.3 is 6.03 Å². The Balaban J connectivity index is 1.32. The van der Waals surface area contributed by atoms with Crippen LogP contribution in [0.25, 0.3) is 11.6 Å². The highest BCUT2D eigenvalue weighted by molar-refractivity contribution is 5.89. The zero-order chi connectivity index (χ0) is 24.9. The first-order valence-electron chi connectivity index (χ1n) is 11.9. The first-order chi connectivity index (χ1) is 17.6. The molecule has 0 fully saturated rings. The summed E-state index contributed by atoms with van der Waals surface area (Å²) in [4.78, 5) is 21.4. The molecule has 8 heteroatoms. The van der Waals surface area contributed by atoms with Gasteiger partial charge in [0.15, 0.2) is 0 Å². The number of carbonyl (C=O) groups excluding carboxylic acids is 1. The molecule has 2 aromatic heterocycles. The Labute approximate surface area is 210 Å². The van der Waals surface area contributed by atoms with Crippen molar-refractivity contribution in [3.05, 3.63) is 107 Å². The van der Waals surface area contributed by atoms with Crippen molar-refractivity contribution in [1.29, 1.82) is 0 Å². The number of aromatic nitrogens is 3. The second kappa shape index (κ2) is 10.5. The fourth-order valence-corrected chi connectivity index (χ4v) is 4.47. The maximum Gasteiger partial charge on any atom is 0.319 e.